The average Bonchev–Trinajstić information content (AvgIpc) is 2.42. The fourth-order valence-corrected chi connectivity index (χ4v) is 2.91. The standard InChI is InChI=1S/C13H16ClN3OS/c14-12-4-2-1-3-11(12)9-15-16-13(18)10-17-5-7-19-8-6-17/h1-4,9H,5-8,10H2,(H,16,18). The van der Waals surface area contributed by atoms with Gasteiger partial charge in [-0.15, -0.1) is 0 Å². The van der Waals surface area contributed by atoms with Crippen LogP contribution < -0.4 is 5.43 Å². The molecule has 0 aromatic heterocycles. The van der Waals surface area contributed by atoms with E-state index in [0.29, 0.717) is 11.6 Å². The van der Waals surface area contributed by atoms with E-state index in [0.717, 1.165) is 30.2 Å². The molecule has 1 amide bonds. The molecule has 19 heavy (non-hydrogen) atoms. The molecule has 0 radical (unpaired) electrons. The van der Waals surface area contributed by atoms with Gasteiger partial charge in [-0.1, -0.05) is 29.8 Å². The van der Waals surface area contributed by atoms with Crippen molar-refractivity contribution in [1.29, 1.82) is 0 Å². The molecule has 0 aliphatic carbocycles. The lowest BCUT2D eigenvalue weighted by Gasteiger charge is -2.24. The largest absolute Gasteiger partial charge is 0.293 e. The molecule has 1 aromatic rings. The van der Waals surface area contributed by atoms with Crippen LogP contribution in [0.2, 0.25) is 5.02 Å². The van der Waals surface area contributed by atoms with E-state index < -0.39 is 0 Å². The van der Waals surface area contributed by atoms with Gasteiger partial charge < -0.3 is 0 Å². The molecule has 102 valence electrons. The molecule has 1 saturated heterocycles. The smallest absolute Gasteiger partial charge is 0.254 e. The first-order chi connectivity index (χ1) is 9.25. The highest BCUT2D eigenvalue weighted by Gasteiger charge is 2.13. The van der Waals surface area contributed by atoms with Crippen LogP contribution >= 0.6 is 23.4 Å². The first-order valence-corrected chi connectivity index (χ1v) is 7.65. The van der Waals surface area contributed by atoms with E-state index in [1.165, 1.54) is 0 Å². The molecule has 1 heterocycles. The summed E-state index contributed by atoms with van der Waals surface area (Å²) >= 11 is 7.91. The summed E-state index contributed by atoms with van der Waals surface area (Å²) in [4.78, 5) is 13.8. The highest BCUT2D eigenvalue weighted by molar-refractivity contribution is 7.99. The zero-order valence-electron chi connectivity index (χ0n) is 10.5. The van der Waals surface area contributed by atoms with Crippen molar-refractivity contribution in [3.63, 3.8) is 0 Å². The minimum Gasteiger partial charge on any atom is -0.293 e. The summed E-state index contributed by atoms with van der Waals surface area (Å²) in [6, 6.07) is 7.36. The van der Waals surface area contributed by atoms with Crippen LogP contribution in [-0.4, -0.2) is 48.2 Å². The Labute approximate surface area is 122 Å². The first-order valence-electron chi connectivity index (χ1n) is 6.12. The number of hydrazone groups is 1. The van der Waals surface area contributed by atoms with Crippen molar-refractivity contribution in [3.05, 3.63) is 34.9 Å². The van der Waals surface area contributed by atoms with Gasteiger partial charge in [-0.3, -0.25) is 9.69 Å². The molecular formula is C13H16ClN3OS. The zero-order valence-corrected chi connectivity index (χ0v) is 12.1. The lowest BCUT2D eigenvalue weighted by molar-refractivity contribution is -0.122. The summed E-state index contributed by atoms with van der Waals surface area (Å²) in [5.41, 5.74) is 3.32. The number of nitrogens with one attached hydrogen (secondary N) is 1. The number of benzene rings is 1. The van der Waals surface area contributed by atoms with Crippen LogP contribution in [-0.2, 0) is 4.79 Å². The van der Waals surface area contributed by atoms with Crippen molar-refractivity contribution in [2.24, 2.45) is 5.10 Å². The van der Waals surface area contributed by atoms with Crippen LogP contribution in [0.5, 0.6) is 0 Å². The van der Waals surface area contributed by atoms with E-state index in [1.54, 1.807) is 12.3 Å². The maximum absolute atomic E-state index is 11.7. The number of carbonyl (C=O) groups is 1. The van der Waals surface area contributed by atoms with E-state index in [9.17, 15) is 4.79 Å². The van der Waals surface area contributed by atoms with Gasteiger partial charge in [-0.05, 0) is 6.07 Å². The summed E-state index contributed by atoms with van der Waals surface area (Å²) in [6.07, 6.45) is 1.56. The predicted octanol–water partition coefficient (Wildman–Crippen LogP) is 1.84. The molecule has 1 N–H and O–H groups in total. The molecule has 1 aliphatic heterocycles. The van der Waals surface area contributed by atoms with Gasteiger partial charge in [0.2, 0.25) is 0 Å². The molecule has 1 fully saturated rings. The Morgan fingerprint density at radius 1 is 1.42 bits per heavy atom. The normalized spacial score (nSPS) is 16.7. The Morgan fingerprint density at radius 2 is 2.16 bits per heavy atom. The molecule has 0 bridgehead atoms. The van der Waals surface area contributed by atoms with Crippen molar-refractivity contribution < 1.29 is 4.79 Å². The predicted molar refractivity (Wildman–Crippen MR) is 81.0 cm³/mol. The molecule has 0 spiro atoms. The van der Waals surface area contributed by atoms with E-state index in [4.69, 9.17) is 11.6 Å². The summed E-state index contributed by atoms with van der Waals surface area (Å²) < 4.78 is 0. The molecule has 0 saturated carbocycles. The maximum Gasteiger partial charge on any atom is 0.254 e. The van der Waals surface area contributed by atoms with Crippen LogP contribution in [0.15, 0.2) is 29.4 Å². The molecule has 1 aromatic carbocycles. The first kappa shape index (κ1) is 14.4. The Balaban J connectivity index is 1.78. The lowest BCUT2D eigenvalue weighted by Crippen LogP contribution is -2.40. The van der Waals surface area contributed by atoms with Crippen LogP contribution in [0.25, 0.3) is 0 Å². The number of hydrogen-bond acceptors (Lipinski definition) is 4. The van der Waals surface area contributed by atoms with E-state index in [2.05, 4.69) is 15.4 Å². The monoisotopic (exact) mass is 297 g/mol. The average molecular weight is 298 g/mol. The third-order valence-electron chi connectivity index (χ3n) is 2.77. The van der Waals surface area contributed by atoms with Gasteiger partial charge in [-0.25, -0.2) is 5.43 Å². The molecular weight excluding hydrogens is 282 g/mol. The number of carbonyl (C=O) groups excluding carboxylic acids is 1. The molecule has 4 nitrogen and oxygen atoms in total. The van der Waals surface area contributed by atoms with Crippen LogP contribution in [0.3, 0.4) is 0 Å². The second-order valence-corrected chi connectivity index (χ2v) is 5.84. The van der Waals surface area contributed by atoms with Crippen molar-refractivity contribution >= 4 is 35.5 Å². The van der Waals surface area contributed by atoms with Crippen molar-refractivity contribution in [1.82, 2.24) is 10.3 Å². The van der Waals surface area contributed by atoms with Gasteiger partial charge in [0.25, 0.3) is 5.91 Å². The van der Waals surface area contributed by atoms with Gasteiger partial charge in [-0.2, -0.15) is 16.9 Å². The van der Waals surface area contributed by atoms with Gasteiger partial charge in [0.15, 0.2) is 0 Å². The van der Waals surface area contributed by atoms with Crippen molar-refractivity contribution in [2.45, 2.75) is 0 Å². The fourth-order valence-electron chi connectivity index (χ4n) is 1.75. The topological polar surface area (TPSA) is 44.7 Å². The summed E-state index contributed by atoms with van der Waals surface area (Å²) in [5, 5.41) is 4.55. The molecule has 0 unspecified atom stereocenters. The quantitative estimate of drug-likeness (QED) is 0.681. The number of nitrogens with zero attached hydrogens (tertiary/aromatic N) is 2. The van der Waals surface area contributed by atoms with Crippen LogP contribution in [0.1, 0.15) is 5.56 Å². The lowest BCUT2D eigenvalue weighted by atomic mass is 10.2. The highest BCUT2D eigenvalue weighted by Crippen LogP contribution is 2.12. The summed E-state index contributed by atoms with van der Waals surface area (Å²) in [7, 11) is 0. The Hall–Kier alpha value is -1.04. The third kappa shape index (κ3) is 4.86. The maximum atomic E-state index is 11.7. The summed E-state index contributed by atoms with van der Waals surface area (Å²) in [6.45, 7) is 2.33. The van der Waals surface area contributed by atoms with E-state index >= 15 is 0 Å². The number of halogens is 1. The molecule has 6 heteroatoms. The summed E-state index contributed by atoms with van der Waals surface area (Å²) in [5.74, 6) is 2.10. The van der Waals surface area contributed by atoms with Crippen molar-refractivity contribution in [3.8, 4) is 0 Å². The number of rotatable bonds is 4. The van der Waals surface area contributed by atoms with Crippen molar-refractivity contribution in [2.75, 3.05) is 31.1 Å². The van der Waals surface area contributed by atoms with Gasteiger partial charge in [0.05, 0.1) is 12.8 Å². The van der Waals surface area contributed by atoms with Gasteiger partial charge >= 0.3 is 0 Å². The Kier molecular flexibility index (Phi) is 5.69. The molecule has 2 rings (SSSR count). The third-order valence-corrected chi connectivity index (χ3v) is 4.06. The van der Waals surface area contributed by atoms with Crippen LogP contribution in [0, 0.1) is 0 Å². The number of hydrogen-bond donors (Lipinski definition) is 1. The second kappa shape index (κ2) is 7.53. The minimum absolute atomic E-state index is 0.0878. The van der Waals surface area contributed by atoms with Crippen LogP contribution in [0.4, 0.5) is 0 Å². The second-order valence-electron chi connectivity index (χ2n) is 4.20. The molecule has 0 atom stereocenters. The van der Waals surface area contributed by atoms with E-state index in [-0.39, 0.29) is 5.91 Å². The van der Waals surface area contributed by atoms with Gasteiger partial charge in [0.1, 0.15) is 0 Å². The van der Waals surface area contributed by atoms with E-state index in [1.807, 2.05) is 30.0 Å². The Morgan fingerprint density at radius 3 is 2.89 bits per heavy atom. The minimum atomic E-state index is -0.0878. The highest BCUT2D eigenvalue weighted by atomic mass is 35.5. The molecule has 1 aliphatic rings. The van der Waals surface area contributed by atoms with Gasteiger partial charge in [0, 0.05) is 35.2 Å². The fraction of sp³-hybridized carbons (Fsp3) is 0.385. The number of thioether (sulfide) groups is 1. The number of amides is 1. The Bertz CT molecular complexity index is 461. The SMILES string of the molecule is O=C(CN1CCSCC1)NN=Cc1ccccc1Cl. The zero-order chi connectivity index (χ0) is 13.5.